The highest BCUT2D eigenvalue weighted by Crippen LogP contribution is 2.20. The fourth-order valence-corrected chi connectivity index (χ4v) is 2.94. The molecule has 1 aromatic carbocycles. The van der Waals surface area contributed by atoms with Gasteiger partial charge >= 0.3 is 0 Å². The summed E-state index contributed by atoms with van der Waals surface area (Å²) in [4.78, 5) is 28.3. The number of hydrogen-bond acceptors (Lipinski definition) is 3. The van der Waals surface area contributed by atoms with Gasteiger partial charge in [0.1, 0.15) is 11.6 Å². The number of carbonyl (C=O) groups excluding carboxylic acids is 1. The molecule has 1 aromatic heterocycles. The number of aromatic nitrogens is 1. The Morgan fingerprint density at radius 1 is 1.27 bits per heavy atom. The van der Waals surface area contributed by atoms with E-state index in [2.05, 4.69) is 4.98 Å². The topological polar surface area (TPSA) is 77.0 Å². The van der Waals surface area contributed by atoms with Crippen molar-refractivity contribution >= 4 is 11.6 Å². The van der Waals surface area contributed by atoms with Crippen molar-refractivity contribution in [2.45, 2.75) is 33.6 Å². The van der Waals surface area contributed by atoms with Crippen molar-refractivity contribution in [3.8, 4) is 6.07 Å². The summed E-state index contributed by atoms with van der Waals surface area (Å²) in [6.45, 7) is 5.43. The van der Waals surface area contributed by atoms with Gasteiger partial charge in [0.2, 0.25) is 5.91 Å². The number of benzene rings is 1. The highest BCUT2D eigenvalue weighted by atomic mass is 19.2. The average Bonchev–Trinajstić information content (AvgIpc) is 2.58. The zero-order valence-electron chi connectivity index (χ0n) is 14.8. The molecule has 0 spiro atoms. The maximum Gasteiger partial charge on any atom is 0.266 e. The summed E-state index contributed by atoms with van der Waals surface area (Å²) in [5.41, 5.74) is 1.76. The van der Waals surface area contributed by atoms with Crippen LogP contribution in [0.1, 0.15) is 35.7 Å². The van der Waals surface area contributed by atoms with Gasteiger partial charge in [0.05, 0.1) is 0 Å². The minimum Gasteiger partial charge on any atom is -0.325 e. The van der Waals surface area contributed by atoms with Gasteiger partial charge in [0.25, 0.3) is 5.56 Å². The van der Waals surface area contributed by atoms with Crippen LogP contribution in [-0.4, -0.2) is 17.4 Å². The maximum atomic E-state index is 13.4. The van der Waals surface area contributed by atoms with Gasteiger partial charge in [-0.1, -0.05) is 0 Å². The monoisotopic (exact) mass is 359 g/mol. The molecule has 0 aliphatic rings. The summed E-state index contributed by atoms with van der Waals surface area (Å²) in [5.74, 6) is -2.25. The number of hydrogen-bond donors (Lipinski definition) is 1. The second-order valence-electron chi connectivity index (χ2n) is 5.91. The van der Waals surface area contributed by atoms with Gasteiger partial charge in [-0.15, -0.1) is 0 Å². The van der Waals surface area contributed by atoms with Crippen LogP contribution in [0, 0.1) is 36.8 Å². The summed E-state index contributed by atoms with van der Waals surface area (Å²) in [5, 5.41) is 9.10. The molecule has 26 heavy (non-hydrogen) atoms. The van der Waals surface area contributed by atoms with E-state index in [1.165, 1.54) is 11.0 Å². The lowest BCUT2D eigenvalue weighted by Gasteiger charge is -2.21. The minimum absolute atomic E-state index is 0.0333. The lowest BCUT2D eigenvalue weighted by Crippen LogP contribution is -2.31. The first-order valence-electron chi connectivity index (χ1n) is 8.18. The van der Waals surface area contributed by atoms with Crippen molar-refractivity contribution in [1.82, 2.24) is 4.98 Å². The predicted octanol–water partition coefficient (Wildman–Crippen LogP) is 3.13. The predicted molar refractivity (Wildman–Crippen MR) is 94.0 cm³/mol. The fraction of sp³-hybridized carbons (Fsp3) is 0.316. The molecule has 0 radical (unpaired) electrons. The van der Waals surface area contributed by atoms with Gasteiger partial charge < -0.3 is 9.88 Å². The van der Waals surface area contributed by atoms with Crippen LogP contribution >= 0.6 is 0 Å². The largest absolute Gasteiger partial charge is 0.325 e. The molecule has 0 fully saturated rings. The molecule has 2 aromatic rings. The Labute approximate surface area is 149 Å². The van der Waals surface area contributed by atoms with Crippen molar-refractivity contribution in [2.24, 2.45) is 0 Å². The van der Waals surface area contributed by atoms with Crippen LogP contribution in [0.15, 0.2) is 23.0 Å². The maximum absolute atomic E-state index is 13.4. The van der Waals surface area contributed by atoms with Crippen molar-refractivity contribution in [2.75, 3.05) is 11.4 Å². The third-order valence-electron chi connectivity index (χ3n) is 4.34. The summed E-state index contributed by atoms with van der Waals surface area (Å²) < 4.78 is 26.5. The van der Waals surface area contributed by atoms with E-state index in [1.54, 1.807) is 20.8 Å². The van der Waals surface area contributed by atoms with Crippen LogP contribution in [0.25, 0.3) is 0 Å². The van der Waals surface area contributed by atoms with Crippen LogP contribution in [0.5, 0.6) is 0 Å². The second kappa shape index (κ2) is 7.91. The van der Waals surface area contributed by atoms with Gasteiger partial charge in [-0.05, 0) is 50.5 Å². The SMILES string of the molecule is CCN(C(=O)CCc1c(C)[nH]c(=O)c(C#N)c1C)c1ccc(F)c(F)c1. The van der Waals surface area contributed by atoms with E-state index in [0.29, 0.717) is 24.2 Å². The number of aromatic amines is 1. The molecule has 0 saturated heterocycles. The summed E-state index contributed by atoms with van der Waals surface area (Å²) >= 11 is 0. The first-order valence-corrected chi connectivity index (χ1v) is 8.18. The molecule has 0 saturated carbocycles. The van der Waals surface area contributed by atoms with E-state index < -0.39 is 17.2 Å². The Morgan fingerprint density at radius 3 is 2.54 bits per heavy atom. The first kappa shape index (κ1) is 19.3. The molecule has 0 aliphatic heterocycles. The number of nitriles is 1. The molecule has 0 bridgehead atoms. The number of aryl methyl sites for hydroxylation is 1. The molecular weight excluding hydrogens is 340 g/mol. The van der Waals surface area contributed by atoms with Crippen molar-refractivity contribution < 1.29 is 13.6 Å². The molecule has 1 amide bonds. The number of nitrogens with one attached hydrogen (secondary N) is 1. The molecule has 1 heterocycles. The molecule has 7 heteroatoms. The van der Waals surface area contributed by atoms with E-state index in [-0.39, 0.29) is 23.6 Å². The molecule has 0 aliphatic carbocycles. The number of anilines is 1. The van der Waals surface area contributed by atoms with Gasteiger partial charge in [-0.25, -0.2) is 8.78 Å². The zero-order chi connectivity index (χ0) is 19.4. The summed E-state index contributed by atoms with van der Waals surface area (Å²) in [6.07, 6.45) is 0.424. The lowest BCUT2D eigenvalue weighted by atomic mass is 9.99. The molecule has 2 rings (SSSR count). The molecular formula is C19H19F2N3O2. The lowest BCUT2D eigenvalue weighted by molar-refractivity contribution is -0.118. The molecule has 5 nitrogen and oxygen atoms in total. The number of amides is 1. The minimum atomic E-state index is -1.01. The first-order chi connectivity index (χ1) is 12.3. The molecule has 0 atom stereocenters. The van der Waals surface area contributed by atoms with E-state index in [0.717, 1.165) is 17.7 Å². The van der Waals surface area contributed by atoms with Crippen LogP contribution in [0.2, 0.25) is 0 Å². The number of carbonyl (C=O) groups is 1. The highest BCUT2D eigenvalue weighted by molar-refractivity contribution is 5.93. The zero-order valence-corrected chi connectivity index (χ0v) is 14.8. The second-order valence-corrected chi connectivity index (χ2v) is 5.91. The van der Waals surface area contributed by atoms with E-state index in [9.17, 15) is 18.4 Å². The highest BCUT2D eigenvalue weighted by Gasteiger charge is 2.18. The van der Waals surface area contributed by atoms with Crippen molar-refractivity contribution in [3.05, 3.63) is 62.6 Å². The van der Waals surface area contributed by atoms with Crippen molar-refractivity contribution in [3.63, 3.8) is 0 Å². The molecule has 1 N–H and O–H groups in total. The van der Waals surface area contributed by atoms with Gasteiger partial charge in [-0.2, -0.15) is 5.26 Å². The van der Waals surface area contributed by atoms with Crippen LogP contribution in [0.3, 0.4) is 0 Å². The van der Waals surface area contributed by atoms with E-state index >= 15 is 0 Å². The Hall–Kier alpha value is -3.01. The number of halogens is 2. The molecule has 136 valence electrons. The standard InChI is InChI=1S/C19H19F2N3O2/c1-4-24(13-5-7-16(20)17(21)9-13)18(25)8-6-14-11(2)15(10-22)19(26)23-12(14)3/h5,7,9H,4,6,8H2,1-3H3,(H,23,26). The van der Waals surface area contributed by atoms with Gasteiger partial charge in [-0.3, -0.25) is 9.59 Å². The average molecular weight is 359 g/mol. The molecule has 0 unspecified atom stereocenters. The van der Waals surface area contributed by atoms with Gasteiger partial charge in [0, 0.05) is 30.4 Å². The smallest absolute Gasteiger partial charge is 0.266 e. The van der Waals surface area contributed by atoms with Crippen LogP contribution in [0.4, 0.5) is 14.5 Å². The Morgan fingerprint density at radius 2 is 1.96 bits per heavy atom. The van der Waals surface area contributed by atoms with Crippen LogP contribution in [-0.2, 0) is 11.2 Å². The van der Waals surface area contributed by atoms with E-state index in [4.69, 9.17) is 5.26 Å². The summed E-state index contributed by atoms with van der Waals surface area (Å²) in [7, 11) is 0. The van der Waals surface area contributed by atoms with Crippen molar-refractivity contribution in [1.29, 1.82) is 5.26 Å². The van der Waals surface area contributed by atoms with Gasteiger partial charge in [0.15, 0.2) is 11.6 Å². The van der Waals surface area contributed by atoms with E-state index in [1.807, 2.05) is 6.07 Å². The fourth-order valence-electron chi connectivity index (χ4n) is 2.94. The summed E-state index contributed by atoms with van der Waals surface area (Å²) in [6, 6.07) is 5.19. The Balaban J connectivity index is 2.23. The number of H-pyrrole nitrogens is 1. The Bertz CT molecular complexity index is 945. The number of nitrogens with zero attached hydrogens (tertiary/aromatic N) is 2. The van der Waals surface area contributed by atoms with Crippen LogP contribution < -0.4 is 10.5 Å². The normalized spacial score (nSPS) is 10.5. The third-order valence-corrected chi connectivity index (χ3v) is 4.34. The third kappa shape index (κ3) is 3.80. The number of pyridine rings is 1. The Kier molecular flexibility index (Phi) is 5.88. The quantitative estimate of drug-likeness (QED) is 0.891. The number of rotatable bonds is 5.